The van der Waals surface area contributed by atoms with Gasteiger partial charge in [0.15, 0.2) is 6.61 Å². The first kappa shape index (κ1) is 17.1. The van der Waals surface area contributed by atoms with Crippen LogP contribution in [0.25, 0.3) is 0 Å². The van der Waals surface area contributed by atoms with E-state index in [9.17, 15) is 13.2 Å². The number of halogens is 3. The Hall–Kier alpha value is -1.27. The van der Waals surface area contributed by atoms with Crippen LogP contribution in [0.15, 0.2) is 24.3 Å². The van der Waals surface area contributed by atoms with E-state index in [-0.39, 0.29) is 5.75 Å². The lowest BCUT2D eigenvalue weighted by Gasteiger charge is -2.14. The average molecular weight is 316 g/mol. The minimum atomic E-state index is -4.30. The summed E-state index contributed by atoms with van der Waals surface area (Å²) in [4.78, 5) is 2.43. The number of hydrogen-bond donors (Lipinski definition) is 1. The zero-order valence-electron chi connectivity index (χ0n) is 12.8. The standard InChI is InChI=1S/C16H23F3N2O/c1-2-21-7-6-14(11-21)10-20-9-13-4-3-5-15(8-13)22-12-16(17,18)19/h3-5,8,14,20H,2,6-7,9-12H2,1H3. The predicted octanol–water partition coefficient (Wildman–Crippen LogP) is 3.06. The van der Waals surface area contributed by atoms with E-state index >= 15 is 0 Å². The molecule has 6 heteroatoms. The number of nitrogens with one attached hydrogen (secondary N) is 1. The maximum atomic E-state index is 12.1. The number of rotatable bonds is 7. The van der Waals surface area contributed by atoms with Crippen molar-refractivity contribution in [2.45, 2.75) is 26.1 Å². The van der Waals surface area contributed by atoms with E-state index in [1.165, 1.54) is 6.42 Å². The summed E-state index contributed by atoms with van der Waals surface area (Å²) in [6.07, 6.45) is -3.10. The minimum absolute atomic E-state index is 0.259. The van der Waals surface area contributed by atoms with E-state index in [1.54, 1.807) is 18.2 Å². The second kappa shape index (κ2) is 7.83. The van der Waals surface area contributed by atoms with Crippen molar-refractivity contribution in [1.82, 2.24) is 10.2 Å². The third-order valence-electron chi connectivity index (χ3n) is 3.88. The third kappa shape index (κ3) is 5.85. The van der Waals surface area contributed by atoms with Gasteiger partial charge in [0.2, 0.25) is 0 Å². The molecule has 0 saturated carbocycles. The molecule has 124 valence electrons. The SMILES string of the molecule is CCN1CCC(CNCc2cccc(OCC(F)(F)F)c2)C1. The van der Waals surface area contributed by atoms with Crippen LogP contribution in [0.1, 0.15) is 18.9 Å². The van der Waals surface area contributed by atoms with Gasteiger partial charge in [0, 0.05) is 13.1 Å². The molecule has 1 aliphatic rings. The molecule has 0 amide bonds. The van der Waals surface area contributed by atoms with Gasteiger partial charge in [0.25, 0.3) is 0 Å². The number of nitrogens with zero attached hydrogens (tertiary/aromatic N) is 1. The average Bonchev–Trinajstić information content (AvgIpc) is 2.93. The highest BCUT2D eigenvalue weighted by molar-refractivity contribution is 5.28. The van der Waals surface area contributed by atoms with Gasteiger partial charge in [0.1, 0.15) is 5.75 Å². The molecule has 0 spiro atoms. The molecule has 1 saturated heterocycles. The van der Waals surface area contributed by atoms with Crippen molar-refractivity contribution in [2.24, 2.45) is 5.92 Å². The summed E-state index contributed by atoms with van der Waals surface area (Å²) in [5.74, 6) is 0.916. The van der Waals surface area contributed by atoms with Gasteiger partial charge in [0.05, 0.1) is 0 Å². The van der Waals surface area contributed by atoms with Gasteiger partial charge in [-0.15, -0.1) is 0 Å². The van der Waals surface area contributed by atoms with Crippen LogP contribution >= 0.6 is 0 Å². The molecule has 3 nitrogen and oxygen atoms in total. The predicted molar refractivity (Wildman–Crippen MR) is 79.9 cm³/mol. The van der Waals surface area contributed by atoms with Crippen molar-refractivity contribution in [3.63, 3.8) is 0 Å². The molecule has 0 aromatic heterocycles. The van der Waals surface area contributed by atoms with E-state index < -0.39 is 12.8 Å². The molecular formula is C16H23F3N2O. The number of ether oxygens (including phenoxy) is 1. The smallest absolute Gasteiger partial charge is 0.422 e. The normalized spacial score (nSPS) is 19.5. The van der Waals surface area contributed by atoms with Crippen molar-refractivity contribution >= 4 is 0 Å². The first-order valence-electron chi connectivity index (χ1n) is 7.68. The molecule has 22 heavy (non-hydrogen) atoms. The van der Waals surface area contributed by atoms with Gasteiger partial charge in [-0.25, -0.2) is 0 Å². The van der Waals surface area contributed by atoms with Crippen molar-refractivity contribution in [3.05, 3.63) is 29.8 Å². The molecule has 1 aromatic carbocycles. The van der Waals surface area contributed by atoms with E-state index in [0.29, 0.717) is 12.5 Å². The molecule has 2 rings (SSSR count). The summed E-state index contributed by atoms with van der Waals surface area (Å²) in [5, 5.41) is 3.38. The third-order valence-corrected chi connectivity index (χ3v) is 3.88. The molecule has 0 aliphatic carbocycles. The molecule has 1 aliphatic heterocycles. The summed E-state index contributed by atoms with van der Waals surface area (Å²) in [6, 6.07) is 6.81. The number of benzene rings is 1. The Balaban J connectivity index is 1.74. The molecule has 1 fully saturated rings. The van der Waals surface area contributed by atoms with Crippen molar-refractivity contribution in [3.8, 4) is 5.75 Å². The van der Waals surface area contributed by atoms with Crippen LogP contribution in [0, 0.1) is 5.92 Å². The van der Waals surface area contributed by atoms with E-state index in [0.717, 1.165) is 31.7 Å². The van der Waals surface area contributed by atoms with Crippen LogP contribution in [0.5, 0.6) is 5.75 Å². The lowest BCUT2D eigenvalue weighted by Crippen LogP contribution is -2.26. The molecule has 1 heterocycles. The van der Waals surface area contributed by atoms with Gasteiger partial charge in [-0.1, -0.05) is 19.1 Å². The first-order chi connectivity index (χ1) is 10.5. The second-order valence-electron chi connectivity index (χ2n) is 5.73. The Morgan fingerprint density at radius 3 is 2.86 bits per heavy atom. The lowest BCUT2D eigenvalue weighted by molar-refractivity contribution is -0.153. The Bertz CT molecular complexity index is 465. The highest BCUT2D eigenvalue weighted by atomic mass is 19.4. The maximum absolute atomic E-state index is 12.1. The molecule has 0 bridgehead atoms. The van der Waals surface area contributed by atoms with Crippen LogP contribution in [0.4, 0.5) is 13.2 Å². The van der Waals surface area contributed by atoms with Crippen LogP contribution in [-0.4, -0.2) is 43.9 Å². The minimum Gasteiger partial charge on any atom is -0.484 e. The quantitative estimate of drug-likeness (QED) is 0.837. The fraction of sp³-hybridized carbons (Fsp3) is 0.625. The van der Waals surface area contributed by atoms with Crippen molar-refractivity contribution in [2.75, 3.05) is 32.8 Å². The van der Waals surface area contributed by atoms with Crippen molar-refractivity contribution < 1.29 is 17.9 Å². The van der Waals surface area contributed by atoms with Crippen LogP contribution in [0.3, 0.4) is 0 Å². The molecule has 1 aromatic rings. The van der Waals surface area contributed by atoms with Crippen LogP contribution in [0.2, 0.25) is 0 Å². The first-order valence-corrected chi connectivity index (χ1v) is 7.68. The summed E-state index contributed by atoms with van der Waals surface area (Å²) >= 11 is 0. The van der Waals surface area contributed by atoms with Gasteiger partial charge < -0.3 is 15.0 Å². The lowest BCUT2D eigenvalue weighted by atomic mass is 10.1. The van der Waals surface area contributed by atoms with E-state index in [2.05, 4.69) is 17.1 Å². The number of likely N-dealkylation sites (tertiary alicyclic amines) is 1. The highest BCUT2D eigenvalue weighted by Gasteiger charge is 2.28. The molecule has 0 radical (unpaired) electrons. The Morgan fingerprint density at radius 1 is 1.36 bits per heavy atom. The maximum Gasteiger partial charge on any atom is 0.422 e. The fourth-order valence-corrected chi connectivity index (χ4v) is 2.70. The Morgan fingerprint density at radius 2 is 2.18 bits per heavy atom. The van der Waals surface area contributed by atoms with Gasteiger partial charge >= 0.3 is 6.18 Å². The number of alkyl halides is 3. The topological polar surface area (TPSA) is 24.5 Å². The summed E-state index contributed by atoms with van der Waals surface area (Å²) in [6.45, 7) is 5.87. The fourth-order valence-electron chi connectivity index (χ4n) is 2.70. The zero-order chi connectivity index (χ0) is 16.0. The summed E-state index contributed by atoms with van der Waals surface area (Å²) in [5.41, 5.74) is 0.935. The highest BCUT2D eigenvalue weighted by Crippen LogP contribution is 2.19. The van der Waals surface area contributed by atoms with E-state index in [1.807, 2.05) is 6.07 Å². The van der Waals surface area contributed by atoms with Crippen LogP contribution in [-0.2, 0) is 6.54 Å². The summed E-state index contributed by atoms with van der Waals surface area (Å²) in [7, 11) is 0. The van der Waals surface area contributed by atoms with Gasteiger partial charge in [-0.3, -0.25) is 0 Å². The Kier molecular flexibility index (Phi) is 6.08. The van der Waals surface area contributed by atoms with Gasteiger partial charge in [-0.05, 0) is 49.7 Å². The van der Waals surface area contributed by atoms with Crippen molar-refractivity contribution in [1.29, 1.82) is 0 Å². The number of hydrogen-bond acceptors (Lipinski definition) is 3. The molecule has 1 N–H and O–H groups in total. The molecular weight excluding hydrogens is 293 g/mol. The summed E-state index contributed by atoms with van der Waals surface area (Å²) < 4.78 is 41.2. The van der Waals surface area contributed by atoms with Gasteiger partial charge in [-0.2, -0.15) is 13.2 Å². The monoisotopic (exact) mass is 316 g/mol. The van der Waals surface area contributed by atoms with Crippen LogP contribution < -0.4 is 10.1 Å². The Labute approximate surface area is 129 Å². The van der Waals surface area contributed by atoms with E-state index in [4.69, 9.17) is 4.74 Å². The largest absolute Gasteiger partial charge is 0.484 e. The zero-order valence-corrected chi connectivity index (χ0v) is 12.8. The second-order valence-corrected chi connectivity index (χ2v) is 5.73. The molecule has 1 atom stereocenters. The molecule has 1 unspecified atom stereocenters.